The van der Waals surface area contributed by atoms with Gasteiger partial charge < -0.3 is 15.2 Å². The van der Waals surface area contributed by atoms with E-state index in [4.69, 9.17) is 0 Å². The third kappa shape index (κ3) is 3.18. The van der Waals surface area contributed by atoms with Crippen LogP contribution in [-0.2, 0) is 16.1 Å². The van der Waals surface area contributed by atoms with E-state index >= 15 is 0 Å². The number of hydrogen-bond acceptors (Lipinski definition) is 5. The maximum absolute atomic E-state index is 12.8. The van der Waals surface area contributed by atoms with E-state index in [1.54, 1.807) is 42.5 Å². The summed E-state index contributed by atoms with van der Waals surface area (Å²) in [6, 6.07) is 13.2. The molecule has 2 aliphatic rings. The van der Waals surface area contributed by atoms with Crippen molar-refractivity contribution in [2.75, 3.05) is 5.32 Å². The largest absolute Gasteiger partial charge is 0.350 e. The molecule has 1 unspecified atom stereocenters. The first-order chi connectivity index (χ1) is 15.4. The lowest BCUT2D eigenvalue weighted by atomic mass is 10.0. The fourth-order valence-electron chi connectivity index (χ4n) is 4.23. The summed E-state index contributed by atoms with van der Waals surface area (Å²) in [5, 5.41) is 15.0. The monoisotopic (exact) mass is 427 g/mol. The van der Waals surface area contributed by atoms with E-state index in [1.807, 2.05) is 0 Å². The highest BCUT2D eigenvalue weighted by molar-refractivity contribution is 6.08. The Hall–Kier alpha value is -4.45. The minimum absolute atomic E-state index is 0.190. The first-order valence-corrected chi connectivity index (χ1v) is 10.1. The Balaban J connectivity index is 1.35. The lowest BCUT2D eigenvalue weighted by Gasteiger charge is -2.29. The van der Waals surface area contributed by atoms with Crippen molar-refractivity contribution >= 4 is 40.2 Å². The Bertz CT molecular complexity index is 1370. The number of aromatic nitrogens is 1. The van der Waals surface area contributed by atoms with Crippen LogP contribution in [0.5, 0.6) is 0 Å². The molecule has 3 heterocycles. The van der Waals surface area contributed by atoms with Crippen LogP contribution < -0.4 is 10.6 Å². The quantitative estimate of drug-likeness (QED) is 0.550. The molecule has 1 atom stereocenters. The van der Waals surface area contributed by atoms with Gasteiger partial charge in [0.25, 0.3) is 11.8 Å². The summed E-state index contributed by atoms with van der Waals surface area (Å²) in [5.74, 6) is -1.45. The molecule has 9 heteroatoms. The van der Waals surface area contributed by atoms with Crippen LogP contribution in [0.3, 0.4) is 0 Å². The number of H-pyrrole nitrogens is 1. The van der Waals surface area contributed by atoms with Crippen LogP contribution in [0.4, 0.5) is 5.69 Å². The second-order valence-corrected chi connectivity index (χ2v) is 7.79. The van der Waals surface area contributed by atoms with E-state index < -0.39 is 11.9 Å². The van der Waals surface area contributed by atoms with Crippen molar-refractivity contribution < 1.29 is 19.2 Å². The summed E-state index contributed by atoms with van der Waals surface area (Å²) >= 11 is 0. The average molecular weight is 427 g/mol. The van der Waals surface area contributed by atoms with Crippen molar-refractivity contribution in [3.63, 3.8) is 0 Å². The van der Waals surface area contributed by atoms with E-state index in [0.717, 1.165) is 0 Å². The number of nitrogens with zero attached hydrogens (tertiary/aromatic N) is 2. The van der Waals surface area contributed by atoms with Gasteiger partial charge in [-0.05, 0) is 48.4 Å². The Labute approximate surface area is 182 Å². The lowest BCUT2D eigenvalue weighted by molar-refractivity contribution is -0.136. The molecule has 0 radical (unpaired) electrons. The van der Waals surface area contributed by atoms with E-state index in [0.29, 0.717) is 45.4 Å². The molecule has 0 bridgehead atoms. The molecule has 0 saturated carbocycles. The second-order valence-electron chi connectivity index (χ2n) is 7.79. The van der Waals surface area contributed by atoms with Crippen molar-refractivity contribution in [1.82, 2.24) is 15.2 Å². The van der Waals surface area contributed by atoms with Crippen molar-refractivity contribution in [2.24, 2.45) is 0 Å². The molecule has 158 valence electrons. The van der Waals surface area contributed by atoms with Gasteiger partial charge in [-0.25, -0.2) is 0 Å². The molecule has 1 fully saturated rings. The van der Waals surface area contributed by atoms with Gasteiger partial charge in [-0.3, -0.25) is 24.5 Å². The molecule has 5 rings (SSSR count). The molecule has 4 amide bonds. The number of piperidine rings is 1. The molecule has 32 heavy (non-hydrogen) atoms. The molecule has 3 N–H and O–H groups in total. The molecular weight excluding hydrogens is 410 g/mol. The minimum Gasteiger partial charge on any atom is -0.350 e. The van der Waals surface area contributed by atoms with E-state index in [2.05, 4.69) is 21.7 Å². The number of aromatic amines is 1. The van der Waals surface area contributed by atoms with Gasteiger partial charge >= 0.3 is 0 Å². The predicted molar refractivity (Wildman–Crippen MR) is 113 cm³/mol. The zero-order valence-corrected chi connectivity index (χ0v) is 16.8. The lowest BCUT2D eigenvalue weighted by Crippen LogP contribution is -2.52. The highest BCUT2D eigenvalue weighted by Gasteiger charge is 2.39. The number of anilines is 1. The summed E-state index contributed by atoms with van der Waals surface area (Å²) in [7, 11) is 0. The van der Waals surface area contributed by atoms with Gasteiger partial charge in [0.2, 0.25) is 11.8 Å². The average Bonchev–Trinajstić information content (AvgIpc) is 3.35. The van der Waals surface area contributed by atoms with Crippen LogP contribution in [0.25, 0.3) is 10.9 Å². The fraction of sp³-hybridized carbons (Fsp3) is 0.174. The van der Waals surface area contributed by atoms with Gasteiger partial charge in [0.15, 0.2) is 0 Å². The minimum atomic E-state index is -0.689. The molecule has 9 nitrogen and oxygen atoms in total. The molecule has 1 saturated heterocycles. The van der Waals surface area contributed by atoms with Gasteiger partial charge in [-0.1, -0.05) is 6.07 Å². The Morgan fingerprint density at radius 3 is 2.78 bits per heavy atom. The molecule has 1 aromatic heterocycles. The Morgan fingerprint density at radius 2 is 2.00 bits per heavy atom. The zero-order chi connectivity index (χ0) is 22.4. The van der Waals surface area contributed by atoms with E-state index in [9.17, 15) is 24.4 Å². The maximum Gasteiger partial charge on any atom is 0.272 e. The van der Waals surface area contributed by atoms with Gasteiger partial charge in [-0.2, -0.15) is 5.26 Å². The van der Waals surface area contributed by atoms with Crippen molar-refractivity contribution in [2.45, 2.75) is 25.4 Å². The number of nitriles is 1. The maximum atomic E-state index is 12.8. The van der Waals surface area contributed by atoms with Crippen molar-refractivity contribution in [1.29, 1.82) is 5.26 Å². The first kappa shape index (κ1) is 19.5. The smallest absolute Gasteiger partial charge is 0.272 e. The van der Waals surface area contributed by atoms with Gasteiger partial charge in [-0.15, -0.1) is 0 Å². The zero-order valence-electron chi connectivity index (χ0n) is 16.8. The number of rotatable bonds is 3. The molecule has 2 aromatic carbocycles. The number of carbonyl (C=O) groups is 4. The number of nitrogens with one attached hydrogen (secondary N) is 3. The van der Waals surface area contributed by atoms with Crippen LogP contribution in [0.1, 0.15) is 44.8 Å². The van der Waals surface area contributed by atoms with Crippen LogP contribution in [0.2, 0.25) is 0 Å². The van der Waals surface area contributed by atoms with Crippen LogP contribution in [0, 0.1) is 11.3 Å². The van der Waals surface area contributed by atoms with Crippen LogP contribution in [-0.4, -0.2) is 39.6 Å². The third-order valence-corrected chi connectivity index (χ3v) is 5.81. The SMILES string of the molecule is N#Cc1cccc2[nH]c(C(=O)Nc3ccc4c(c3)CN(C3CCC(=O)NC3=O)C4=O)cc12. The second kappa shape index (κ2) is 7.35. The first-order valence-electron chi connectivity index (χ1n) is 10.1. The van der Waals surface area contributed by atoms with E-state index in [-0.39, 0.29) is 30.7 Å². The molecule has 0 aliphatic carbocycles. The number of carbonyl (C=O) groups excluding carboxylic acids is 4. The van der Waals surface area contributed by atoms with E-state index in [1.165, 1.54) is 4.90 Å². The van der Waals surface area contributed by atoms with Crippen LogP contribution in [0.15, 0.2) is 42.5 Å². The number of fused-ring (bicyclic) bond motifs is 2. The van der Waals surface area contributed by atoms with Gasteiger partial charge in [0.1, 0.15) is 11.7 Å². The molecule has 0 spiro atoms. The van der Waals surface area contributed by atoms with Crippen molar-refractivity contribution in [3.8, 4) is 6.07 Å². The van der Waals surface area contributed by atoms with Crippen LogP contribution >= 0.6 is 0 Å². The summed E-state index contributed by atoms with van der Waals surface area (Å²) < 4.78 is 0. The number of amides is 4. The highest BCUT2D eigenvalue weighted by Crippen LogP contribution is 2.29. The predicted octanol–water partition coefficient (Wildman–Crippen LogP) is 2.05. The summed E-state index contributed by atoms with van der Waals surface area (Å²) in [5.41, 5.74) is 3.14. The van der Waals surface area contributed by atoms with Gasteiger partial charge in [0.05, 0.1) is 11.6 Å². The summed E-state index contributed by atoms with van der Waals surface area (Å²) in [6.07, 6.45) is 0.481. The normalized spacial score (nSPS) is 17.8. The Kier molecular flexibility index (Phi) is 4.48. The molecule has 2 aliphatic heterocycles. The number of hydrogen-bond donors (Lipinski definition) is 3. The summed E-state index contributed by atoms with van der Waals surface area (Å²) in [4.78, 5) is 53.6. The summed E-state index contributed by atoms with van der Waals surface area (Å²) in [6.45, 7) is 0.224. The standard InChI is InChI=1S/C23H17N5O4/c24-10-12-2-1-3-17-16(12)9-18(26-17)21(30)25-14-4-5-15-13(8-14)11-28(23(15)32)19-6-7-20(29)27-22(19)31/h1-5,8-9,19,26H,6-7,11H2,(H,25,30)(H,27,29,31). The van der Waals surface area contributed by atoms with Gasteiger partial charge in [0, 0.05) is 35.1 Å². The number of imide groups is 1. The fourth-order valence-corrected chi connectivity index (χ4v) is 4.23. The third-order valence-electron chi connectivity index (χ3n) is 5.81. The Morgan fingerprint density at radius 1 is 1.16 bits per heavy atom. The highest BCUT2D eigenvalue weighted by atomic mass is 16.2. The topological polar surface area (TPSA) is 135 Å². The number of benzene rings is 2. The molecular formula is C23H17N5O4. The molecule has 3 aromatic rings. The van der Waals surface area contributed by atoms with Crippen molar-refractivity contribution in [3.05, 3.63) is 64.8 Å².